The molecular formula is C14H21N3O3S. The van der Waals surface area contributed by atoms with Crippen molar-refractivity contribution in [2.75, 3.05) is 29.4 Å². The number of hydrogen-bond acceptors (Lipinski definition) is 4. The first kappa shape index (κ1) is 15.8. The highest BCUT2D eigenvalue weighted by atomic mass is 32.2. The Labute approximate surface area is 125 Å². The summed E-state index contributed by atoms with van der Waals surface area (Å²) in [4.78, 5) is 12.5. The largest absolute Gasteiger partial charge is 0.324 e. The van der Waals surface area contributed by atoms with Crippen LogP contribution in [0.4, 0.5) is 11.4 Å². The molecule has 1 aliphatic rings. The molecule has 21 heavy (non-hydrogen) atoms. The van der Waals surface area contributed by atoms with Gasteiger partial charge in [-0.1, -0.05) is 19.1 Å². The molecule has 3 N–H and O–H groups in total. The van der Waals surface area contributed by atoms with Crippen LogP contribution < -0.4 is 15.4 Å². The highest BCUT2D eigenvalue weighted by Crippen LogP contribution is 2.31. The van der Waals surface area contributed by atoms with Crippen molar-refractivity contribution in [3.05, 3.63) is 24.3 Å². The van der Waals surface area contributed by atoms with E-state index in [2.05, 4.69) is 15.4 Å². The van der Waals surface area contributed by atoms with Gasteiger partial charge in [-0.25, -0.2) is 8.42 Å². The summed E-state index contributed by atoms with van der Waals surface area (Å²) >= 11 is 0. The molecule has 0 saturated carbocycles. The molecule has 7 heteroatoms. The number of carbonyl (C=O) groups is 1. The second kappa shape index (κ2) is 6.03. The number of amides is 1. The third kappa shape index (κ3) is 4.18. The van der Waals surface area contributed by atoms with Gasteiger partial charge in [0.15, 0.2) is 0 Å². The number of anilines is 2. The number of nitrogens with one attached hydrogen (secondary N) is 3. The van der Waals surface area contributed by atoms with Crippen LogP contribution in [0.2, 0.25) is 0 Å². The average molecular weight is 311 g/mol. The van der Waals surface area contributed by atoms with E-state index in [-0.39, 0.29) is 5.91 Å². The van der Waals surface area contributed by atoms with Crippen LogP contribution in [0.25, 0.3) is 0 Å². The van der Waals surface area contributed by atoms with Crippen LogP contribution in [-0.4, -0.2) is 33.7 Å². The Morgan fingerprint density at radius 1 is 1.19 bits per heavy atom. The quantitative estimate of drug-likeness (QED) is 0.784. The van der Waals surface area contributed by atoms with Gasteiger partial charge in [-0.15, -0.1) is 0 Å². The molecule has 6 nitrogen and oxygen atoms in total. The van der Waals surface area contributed by atoms with Gasteiger partial charge < -0.3 is 10.6 Å². The number of para-hydroxylation sites is 2. The van der Waals surface area contributed by atoms with Gasteiger partial charge in [0, 0.05) is 5.41 Å². The maximum absolute atomic E-state index is 12.5. The first-order chi connectivity index (χ1) is 9.80. The fourth-order valence-electron chi connectivity index (χ4n) is 2.36. The molecule has 0 bridgehead atoms. The lowest BCUT2D eigenvalue weighted by molar-refractivity contribution is -0.126. The summed E-state index contributed by atoms with van der Waals surface area (Å²) in [5.41, 5.74) is 0.433. The normalized spacial score (nSPS) is 18.0. The Morgan fingerprint density at radius 3 is 2.33 bits per heavy atom. The molecule has 0 aromatic heterocycles. The van der Waals surface area contributed by atoms with E-state index < -0.39 is 15.4 Å². The van der Waals surface area contributed by atoms with Gasteiger partial charge in [0.05, 0.1) is 17.6 Å². The van der Waals surface area contributed by atoms with Crippen molar-refractivity contribution in [2.45, 2.75) is 19.8 Å². The summed E-state index contributed by atoms with van der Waals surface area (Å²) in [6.45, 7) is 3.57. The van der Waals surface area contributed by atoms with E-state index in [1.807, 2.05) is 6.92 Å². The number of piperidine rings is 1. The summed E-state index contributed by atoms with van der Waals surface area (Å²) < 4.78 is 25.2. The van der Waals surface area contributed by atoms with Crippen molar-refractivity contribution >= 4 is 27.3 Å². The van der Waals surface area contributed by atoms with Crippen molar-refractivity contribution < 1.29 is 13.2 Å². The SMILES string of the molecule is CC1(C(=O)Nc2ccccc2NS(C)(=O)=O)CCNCC1. The molecule has 1 fully saturated rings. The Balaban J connectivity index is 2.17. The van der Waals surface area contributed by atoms with Crippen molar-refractivity contribution in [3.63, 3.8) is 0 Å². The van der Waals surface area contributed by atoms with E-state index in [0.717, 1.165) is 32.2 Å². The highest BCUT2D eigenvalue weighted by molar-refractivity contribution is 7.92. The number of benzene rings is 1. The monoisotopic (exact) mass is 311 g/mol. The van der Waals surface area contributed by atoms with Gasteiger partial charge >= 0.3 is 0 Å². The minimum Gasteiger partial charge on any atom is -0.324 e. The standard InChI is InChI=1S/C14H21N3O3S/c1-14(7-9-15-10-8-14)13(18)16-11-5-3-4-6-12(11)17-21(2,19)20/h3-6,15,17H,7-10H2,1-2H3,(H,16,18). The van der Waals surface area contributed by atoms with Gasteiger partial charge in [-0.2, -0.15) is 0 Å². The van der Waals surface area contributed by atoms with Crippen molar-refractivity contribution in [1.82, 2.24) is 5.32 Å². The fraction of sp³-hybridized carbons (Fsp3) is 0.500. The smallest absolute Gasteiger partial charge is 0.230 e. The summed E-state index contributed by atoms with van der Waals surface area (Å²) in [5.74, 6) is -0.0771. The Hall–Kier alpha value is -1.60. The maximum Gasteiger partial charge on any atom is 0.230 e. The van der Waals surface area contributed by atoms with E-state index in [9.17, 15) is 13.2 Å². The molecule has 1 saturated heterocycles. The minimum atomic E-state index is -3.39. The summed E-state index contributed by atoms with van der Waals surface area (Å²) in [5, 5.41) is 6.08. The zero-order chi connectivity index (χ0) is 15.5. The number of sulfonamides is 1. The molecule has 0 aliphatic carbocycles. The summed E-state index contributed by atoms with van der Waals surface area (Å²) in [6, 6.07) is 6.79. The van der Waals surface area contributed by atoms with E-state index >= 15 is 0 Å². The van der Waals surface area contributed by atoms with Crippen LogP contribution in [0.3, 0.4) is 0 Å². The second-order valence-electron chi connectivity index (χ2n) is 5.68. The molecule has 1 aromatic carbocycles. The van der Waals surface area contributed by atoms with Crippen LogP contribution in [-0.2, 0) is 14.8 Å². The third-order valence-corrected chi connectivity index (χ3v) is 4.32. The van der Waals surface area contributed by atoms with Crippen molar-refractivity contribution in [2.24, 2.45) is 5.41 Å². The summed E-state index contributed by atoms with van der Waals surface area (Å²) in [7, 11) is -3.39. The lowest BCUT2D eigenvalue weighted by atomic mass is 9.80. The van der Waals surface area contributed by atoms with Gasteiger partial charge in [0.1, 0.15) is 0 Å². The second-order valence-corrected chi connectivity index (χ2v) is 7.43. The van der Waals surface area contributed by atoms with Crippen molar-refractivity contribution in [1.29, 1.82) is 0 Å². The third-order valence-electron chi connectivity index (χ3n) is 3.73. The zero-order valence-corrected chi connectivity index (χ0v) is 13.1. The number of rotatable bonds is 4. The molecule has 1 aromatic rings. The van der Waals surface area contributed by atoms with Gasteiger partial charge in [-0.3, -0.25) is 9.52 Å². The highest BCUT2D eigenvalue weighted by Gasteiger charge is 2.34. The average Bonchev–Trinajstić information content (AvgIpc) is 2.40. The molecule has 0 radical (unpaired) electrons. The van der Waals surface area contributed by atoms with Crippen LogP contribution in [0, 0.1) is 5.41 Å². The maximum atomic E-state index is 12.5. The fourth-order valence-corrected chi connectivity index (χ4v) is 2.94. The van der Waals surface area contributed by atoms with E-state index in [1.165, 1.54) is 0 Å². The number of carbonyl (C=O) groups excluding carboxylic acids is 1. The molecule has 1 heterocycles. The molecule has 0 atom stereocenters. The zero-order valence-electron chi connectivity index (χ0n) is 12.3. The number of hydrogen-bond donors (Lipinski definition) is 3. The van der Waals surface area contributed by atoms with Gasteiger partial charge in [0.25, 0.3) is 0 Å². The topological polar surface area (TPSA) is 87.3 Å². The first-order valence-corrected chi connectivity index (χ1v) is 8.78. The Morgan fingerprint density at radius 2 is 1.76 bits per heavy atom. The first-order valence-electron chi connectivity index (χ1n) is 6.89. The molecule has 116 valence electrons. The molecule has 0 unspecified atom stereocenters. The van der Waals surface area contributed by atoms with Crippen LogP contribution in [0.15, 0.2) is 24.3 Å². The predicted octanol–water partition coefficient (Wildman–Crippen LogP) is 1.39. The minimum absolute atomic E-state index is 0.0771. The lowest BCUT2D eigenvalue weighted by Crippen LogP contribution is -2.42. The van der Waals surface area contributed by atoms with Gasteiger partial charge in [-0.05, 0) is 38.1 Å². The van der Waals surface area contributed by atoms with Crippen LogP contribution in [0.1, 0.15) is 19.8 Å². The van der Waals surface area contributed by atoms with E-state index in [0.29, 0.717) is 11.4 Å². The molecule has 0 spiro atoms. The Kier molecular flexibility index (Phi) is 4.53. The van der Waals surface area contributed by atoms with E-state index in [4.69, 9.17) is 0 Å². The molecule has 1 amide bonds. The van der Waals surface area contributed by atoms with Crippen molar-refractivity contribution in [3.8, 4) is 0 Å². The molecule has 2 rings (SSSR count). The molecule has 1 aliphatic heterocycles. The Bertz CT molecular complexity index is 622. The lowest BCUT2D eigenvalue weighted by Gasteiger charge is -2.32. The van der Waals surface area contributed by atoms with Crippen LogP contribution in [0.5, 0.6) is 0 Å². The van der Waals surface area contributed by atoms with E-state index in [1.54, 1.807) is 24.3 Å². The molecular weight excluding hydrogens is 290 g/mol. The predicted molar refractivity (Wildman–Crippen MR) is 83.7 cm³/mol. The van der Waals surface area contributed by atoms with Gasteiger partial charge in [0.2, 0.25) is 15.9 Å². The summed E-state index contributed by atoms with van der Waals surface area (Å²) in [6.07, 6.45) is 2.61. The van der Waals surface area contributed by atoms with Crippen LogP contribution >= 0.6 is 0 Å².